The standard InChI is InChI=1S/C56H88O6/c1-4-7-10-13-16-19-22-25-27-28-30-31-34-37-40-43-46-49-55(58)61-52-53(51-60-54(57)48-45-42-39-36-33-24-21-18-15-12-9-6-3)62-56(59)50-47-44-41-38-35-32-29-26-23-20-17-14-11-8-5-2/h7-8,10-11,13-14,16-23,25,27-28,30-31,34,53H,4-6,9,12,15,24,26,29,32-33,35-52H2,1-3H3/b10-7-,11-8-,16-13-,17-14-,21-18-,22-19-,23-20-,27-25-,30-28+,34-31-. The minimum Gasteiger partial charge on any atom is -0.462 e. The summed E-state index contributed by atoms with van der Waals surface area (Å²) in [6.07, 6.45) is 67.4. The summed E-state index contributed by atoms with van der Waals surface area (Å²) < 4.78 is 16.7. The van der Waals surface area contributed by atoms with Crippen molar-refractivity contribution in [2.24, 2.45) is 0 Å². The molecule has 0 bridgehead atoms. The number of unbranched alkanes of at least 4 members (excludes halogenated alkanes) is 18. The zero-order chi connectivity index (χ0) is 45.1. The van der Waals surface area contributed by atoms with Gasteiger partial charge in [0.25, 0.3) is 0 Å². The summed E-state index contributed by atoms with van der Waals surface area (Å²) in [5.74, 6) is -0.982. The van der Waals surface area contributed by atoms with Crippen molar-refractivity contribution >= 4 is 17.9 Å². The fraction of sp³-hybridized carbons (Fsp3) is 0.589. The monoisotopic (exact) mass is 857 g/mol. The Kier molecular flexibility index (Phi) is 46.1. The molecule has 0 aliphatic carbocycles. The van der Waals surface area contributed by atoms with Crippen molar-refractivity contribution in [1.29, 1.82) is 0 Å². The first-order valence-electron chi connectivity index (χ1n) is 24.7. The summed E-state index contributed by atoms with van der Waals surface area (Å²) in [6.45, 7) is 6.26. The fourth-order valence-corrected chi connectivity index (χ4v) is 6.23. The Morgan fingerprint density at radius 1 is 0.339 bits per heavy atom. The maximum atomic E-state index is 12.8. The van der Waals surface area contributed by atoms with Crippen molar-refractivity contribution in [2.75, 3.05) is 13.2 Å². The molecular weight excluding hydrogens is 769 g/mol. The number of allylic oxidation sites excluding steroid dienone is 20. The quantitative estimate of drug-likeness (QED) is 0.0200. The number of rotatable bonds is 42. The van der Waals surface area contributed by atoms with E-state index in [-0.39, 0.29) is 31.1 Å². The van der Waals surface area contributed by atoms with Crippen molar-refractivity contribution in [1.82, 2.24) is 0 Å². The van der Waals surface area contributed by atoms with Gasteiger partial charge >= 0.3 is 17.9 Å². The van der Waals surface area contributed by atoms with Crippen LogP contribution >= 0.6 is 0 Å². The number of esters is 3. The van der Waals surface area contributed by atoms with Crippen LogP contribution in [0.4, 0.5) is 0 Å². The SMILES string of the molecule is CC\C=C/C=C\C=C/C=C\C=C\C=C/CCCCCC(=O)OCC(COC(=O)CCCCCCC/C=C\CCCCC)OC(=O)CCCCCCCCC\C=C/C=C\C=C/CC. The number of hydrogen-bond acceptors (Lipinski definition) is 6. The minimum absolute atomic E-state index is 0.106. The van der Waals surface area contributed by atoms with E-state index in [1.54, 1.807) is 0 Å². The van der Waals surface area contributed by atoms with Gasteiger partial charge in [-0.25, -0.2) is 0 Å². The molecule has 0 radical (unpaired) electrons. The predicted octanol–water partition coefficient (Wildman–Crippen LogP) is 16.1. The van der Waals surface area contributed by atoms with Crippen molar-refractivity contribution in [2.45, 2.75) is 200 Å². The lowest BCUT2D eigenvalue weighted by Crippen LogP contribution is -2.30. The summed E-state index contributed by atoms with van der Waals surface area (Å²) in [6, 6.07) is 0. The largest absolute Gasteiger partial charge is 0.462 e. The highest BCUT2D eigenvalue weighted by atomic mass is 16.6. The first-order chi connectivity index (χ1) is 30.5. The lowest BCUT2D eigenvalue weighted by atomic mass is 10.1. The molecule has 0 saturated carbocycles. The Bertz CT molecular complexity index is 1350. The second-order valence-electron chi connectivity index (χ2n) is 15.8. The summed E-state index contributed by atoms with van der Waals surface area (Å²) >= 11 is 0. The molecule has 348 valence electrons. The van der Waals surface area contributed by atoms with Gasteiger partial charge in [-0.05, 0) is 83.5 Å². The molecule has 0 spiro atoms. The number of carbonyl (C=O) groups excluding carboxylic acids is 3. The van der Waals surface area contributed by atoms with E-state index >= 15 is 0 Å². The van der Waals surface area contributed by atoms with Gasteiger partial charge in [0.2, 0.25) is 0 Å². The van der Waals surface area contributed by atoms with Crippen LogP contribution in [0.25, 0.3) is 0 Å². The third-order valence-electron chi connectivity index (χ3n) is 9.90. The predicted molar refractivity (Wildman–Crippen MR) is 265 cm³/mol. The van der Waals surface area contributed by atoms with Crippen molar-refractivity contribution in [3.8, 4) is 0 Å². The maximum Gasteiger partial charge on any atom is 0.306 e. The molecule has 0 aromatic heterocycles. The molecule has 0 N–H and O–H groups in total. The third-order valence-corrected chi connectivity index (χ3v) is 9.90. The molecule has 0 aliphatic heterocycles. The highest BCUT2D eigenvalue weighted by Gasteiger charge is 2.19. The molecule has 1 unspecified atom stereocenters. The molecule has 0 aromatic carbocycles. The molecule has 6 nitrogen and oxygen atoms in total. The van der Waals surface area contributed by atoms with E-state index < -0.39 is 6.10 Å². The molecule has 0 fully saturated rings. The second kappa shape index (κ2) is 49.5. The number of ether oxygens (including phenoxy) is 3. The molecule has 62 heavy (non-hydrogen) atoms. The lowest BCUT2D eigenvalue weighted by Gasteiger charge is -2.18. The second-order valence-corrected chi connectivity index (χ2v) is 15.8. The van der Waals surface area contributed by atoms with Gasteiger partial charge in [0.05, 0.1) is 0 Å². The Hall–Kier alpha value is -4.19. The average molecular weight is 857 g/mol. The molecule has 0 aliphatic rings. The van der Waals surface area contributed by atoms with E-state index in [0.29, 0.717) is 19.3 Å². The Labute approximate surface area is 380 Å². The Balaban J connectivity index is 4.53. The van der Waals surface area contributed by atoms with Gasteiger partial charge < -0.3 is 14.2 Å². The van der Waals surface area contributed by atoms with Crippen LogP contribution in [0.15, 0.2) is 122 Å². The van der Waals surface area contributed by atoms with Crippen LogP contribution in [-0.4, -0.2) is 37.2 Å². The third kappa shape index (κ3) is 46.9. The Morgan fingerprint density at radius 3 is 1.05 bits per heavy atom. The first kappa shape index (κ1) is 57.8. The maximum absolute atomic E-state index is 12.8. The highest BCUT2D eigenvalue weighted by Crippen LogP contribution is 2.13. The van der Waals surface area contributed by atoms with Gasteiger partial charge in [-0.2, -0.15) is 0 Å². The van der Waals surface area contributed by atoms with Crippen LogP contribution in [0.5, 0.6) is 0 Å². The van der Waals surface area contributed by atoms with E-state index in [9.17, 15) is 14.4 Å². The minimum atomic E-state index is -0.809. The number of carbonyl (C=O) groups is 3. The summed E-state index contributed by atoms with van der Waals surface area (Å²) in [4.78, 5) is 37.9. The summed E-state index contributed by atoms with van der Waals surface area (Å²) in [7, 11) is 0. The van der Waals surface area contributed by atoms with Crippen molar-refractivity contribution in [3.05, 3.63) is 122 Å². The van der Waals surface area contributed by atoms with E-state index in [4.69, 9.17) is 14.2 Å². The van der Waals surface area contributed by atoms with Crippen LogP contribution < -0.4 is 0 Å². The molecule has 0 saturated heterocycles. The van der Waals surface area contributed by atoms with Gasteiger partial charge in [-0.1, -0.05) is 213 Å². The van der Waals surface area contributed by atoms with Gasteiger partial charge in [0.1, 0.15) is 13.2 Å². The van der Waals surface area contributed by atoms with Crippen LogP contribution in [0.1, 0.15) is 194 Å². The molecule has 0 rings (SSSR count). The van der Waals surface area contributed by atoms with Crippen LogP contribution in [0.3, 0.4) is 0 Å². The molecular formula is C56H88O6. The normalized spacial score (nSPS) is 13.1. The zero-order valence-electron chi connectivity index (χ0n) is 39.6. The van der Waals surface area contributed by atoms with Gasteiger partial charge in [0.15, 0.2) is 6.10 Å². The lowest BCUT2D eigenvalue weighted by molar-refractivity contribution is -0.167. The van der Waals surface area contributed by atoms with Gasteiger partial charge in [-0.15, -0.1) is 0 Å². The van der Waals surface area contributed by atoms with Crippen LogP contribution in [0, 0.1) is 0 Å². The first-order valence-corrected chi connectivity index (χ1v) is 24.7. The summed E-state index contributed by atoms with van der Waals surface area (Å²) in [5, 5.41) is 0. The molecule has 0 aromatic rings. The van der Waals surface area contributed by atoms with Crippen LogP contribution in [0.2, 0.25) is 0 Å². The number of hydrogen-bond donors (Lipinski definition) is 0. The smallest absolute Gasteiger partial charge is 0.306 e. The van der Waals surface area contributed by atoms with E-state index in [2.05, 4.69) is 81.5 Å². The highest BCUT2D eigenvalue weighted by molar-refractivity contribution is 5.71. The van der Waals surface area contributed by atoms with E-state index in [1.807, 2.05) is 60.8 Å². The molecule has 6 heteroatoms. The van der Waals surface area contributed by atoms with Gasteiger partial charge in [0, 0.05) is 19.3 Å². The van der Waals surface area contributed by atoms with E-state index in [0.717, 1.165) is 103 Å². The van der Waals surface area contributed by atoms with Crippen LogP contribution in [-0.2, 0) is 28.6 Å². The van der Waals surface area contributed by atoms with Crippen molar-refractivity contribution < 1.29 is 28.6 Å². The molecule has 0 heterocycles. The summed E-state index contributed by atoms with van der Waals surface area (Å²) in [5.41, 5.74) is 0. The Morgan fingerprint density at radius 2 is 0.645 bits per heavy atom. The fourth-order valence-electron chi connectivity index (χ4n) is 6.23. The zero-order valence-corrected chi connectivity index (χ0v) is 39.6. The topological polar surface area (TPSA) is 78.9 Å². The average Bonchev–Trinajstić information content (AvgIpc) is 3.27. The van der Waals surface area contributed by atoms with Gasteiger partial charge in [-0.3, -0.25) is 14.4 Å². The molecule has 1 atom stereocenters. The van der Waals surface area contributed by atoms with E-state index in [1.165, 1.54) is 51.4 Å². The molecule has 0 amide bonds. The van der Waals surface area contributed by atoms with Crippen molar-refractivity contribution in [3.63, 3.8) is 0 Å².